The Morgan fingerprint density at radius 3 is 1.12 bits per heavy atom. The minimum atomic E-state index is -0.890. The average molecular weight is 473 g/mol. The van der Waals surface area contributed by atoms with Crippen molar-refractivity contribution < 1.29 is 34.2 Å². The number of aliphatic carboxylic acids is 3. The Labute approximate surface area is 201 Å². The molecular weight excluding hydrogens is 422 g/mol. The number of rotatable bonds is 22. The SMILES string of the molecule is CCCCCCCCCCC[N+](CC(CC)C(=O)O)(CC(CC)C(=O)O)CC(CC)C(=O)O. The first-order valence-electron chi connectivity index (χ1n) is 13.2. The Morgan fingerprint density at radius 1 is 0.545 bits per heavy atom. The Kier molecular flexibility index (Phi) is 16.9. The van der Waals surface area contributed by atoms with Gasteiger partial charge in [-0.05, 0) is 32.1 Å². The van der Waals surface area contributed by atoms with Crippen molar-refractivity contribution >= 4 is 17.9 Å². The van der Waals surface area contributed by atoms with E-state index in [-0.39, 0.29) is 24.1 Å². The molecule has 0 aromatic heterocycles. The third-order valence-corrected chi connectivity index (χ3v) is 7.09. The van der Waals surface area contributed by atoms with Crippen molar-refractivity contribution in [3.8, 4) is 0 Å². The van der Waals surface area contributed by atoms with E-state index in [4.69, 9.17) is 0 Å². The molecule has 0 rings (SSSR count). The molecule has 0 amide bonds. The molecule has 0 fully saturated rings. The van der Waals surface area contributed by atoms with E-state index in [1.807, 2.05) is 20.8 Å². The molecule has 7 nitrogen and oxygen atoms in total. The number of unbranched alkanes of at least 4 members (excludes halogenated alkanes) is 8. The fraction of sp³-hybridized carbons (Fsp3) is 0.885. The third-order valence-electron chi connectivity index (χ3n) is 7.09. The van der Waals surface area contributed by atoms with Gasteiger partial charge in [0, 0.05) is 0 Å². The van der Waals surface area contributed by atoms with Gasteiger partial charge in [0.05, 0.1) is 26.2 Å². The van der Waals surface area contributed by atoms with E-state index in [1.165, 1.54) is 38.5 Å². The topological polar surface area (TPSA) is 112 Å². The van der Waals surface area contributed by atoms with Gasteiger partial charge in [0.1, 0.15) is 17.8 Å². The van der Waals surface area contributed by atoms with Gasteiger partial charge in [-0.2, -0.15) is 0 Å². The number of carboxylic acids is 3. The first-order valence-corrected chi connectivity index (χ1v) is 13.2. The van der Waals surface area contributed by atoms with Gasteiger partial charge in [-0.15, -0.1) is 0 Å². The van der Waals surface area contributed by atoms with Crippen LogP contribution in [-0.2, 0) is 14.4 Å². The van der Waals surface area contributed by atoms with Crippen LogP contribution in [0.1, 0.15) is 105 Å². The molecule has 0 heterocycles. The summed E-state index contributed by atoms with van der Waals surface area (Å²) in [6.45, 7) is 9.19. The van der Waals surface area contributed by atoms with Crippen LogP contribution >= 0.6 is 0 Å². The fourth-order valence-corrected chi connectivity index (χ4v) is 4.80. The van der Waals surface area contributed by atoms with Crippen molar-refractivity contribution in [1.82, 2.24) is 0 Å². The van der Waals surface area contributed by atoms with Gasteiger partial charge in [-0.3, -0.25) is 14.4 Å². The quantitative estimate of drug-likeness (QED) is 0.138. The molecule has 0 spiro atoms. The standard InChI is InChI=1S/C26H49NO6/c1-5-9-10-11-12-13-14-15-16-17-27(18-21(6-2)24(28)29,19-22(7-3)25(30)31)20-23(8-4)26(32)33/h21-23H,5-20H2,1-4H3,(H2-,28,29,30,31,32,33)/p+1. The predicted molar refractivity (Wildman–Crippen MR) is 131 cm³/mol. The van der Waals surface area contributed by atoms with Gasteiger partial charge in [0.15, 0.2) is 0 Å². The summed E-state index contributed by atoms with van der Waals surface area (Å²) in [6, 6.07) is 0. The highest BCUT2D eigenvalue weighted by molar-refractivity contribution is 5.71. The average Bonchev–Trinajstić information content (AvgIpc) is 2.77. The summed E-state index contributed by atoms with van der Waals surface area (Å²) in [7, 11) is 0. The lowest BCUT2D eigenvalue weighted by Gasteiger charge is -2.43. The van der Waals surface area contributed by atoms with E-state index in [1.54, 1.807) is 0 Å². The van der Waals surface area contributed by atoms with E-state index >= 15 is 0 Å². The molecule has 0 aliphatic rings. The minimum absolute atomic E-state index is 0.261. The van der Waals surface area contributed by atoms with E-state index in [9.17, 15) is 29.7 Å². The second-order valence-corrected chi connectivity index (χ2v) is 9.77. The van der Waals surface area contributed by atoms with Gasteiger partial charge >= 0.3 is 17.9 Å². The summed E-state index contributed by atoms with van der Waals surface area (Å²) < 4.78 is 0.261. The Balaban J connectivity index is 5.49. The van der Waals surface area contributed by atoms with Crippen LogP contribution in [-0.4, -0.2) is 63.9 Å². The maximum atomic E-state index is 11.9. The summed E-state index contributed by atoms with van der Waals surface area (Å²) in [5, 5.41) is 29.2. The third kappa shape index (κ3) is 13.0. The monoisotopic (exact) mass is 472 g/mol. The number of hydrogen-bond donors (Lipinski definition) is 3. The highest BCUT2D eigenvalue weighted by atomic mass is 16.4. The van der Waals surface area contributed by atoms with Crippen LogP contribution in [0.5, 0.6) is 0 Å². The molecule has 0 aliphatic heterocycles. The second-order valence-electron chi connectivity index (χ2n) is 9.77. The van der Waals surface area contributed by atoms with E-state index in [0.29, 0.717) is 25.8 Å². The summed E-state index contributed by atoms with van der Waals surface area (Å²) in [5.74, 6) is -4.50. The van der Waals surface area contributed by atoms with Crippen LogP contribution in [0.15, 0.2) is 0 Å². The first kappa shape index (κ1) is 31.4. The number of carbonyl (C=O) groups is 3. The zero-order valence-electron chi connectivity index (χ0n) is 21.6. The largest absolute Gasteiger partial charge is 0.481 e. The molecule has 0 aromatic rings. The van der Waals surface area contributed by atoms with E-state index < -0.39 is 35.7 Å². The molecule has 0 radical (unpaired) electrons. The molecule has 0 saturated carbocycles. The van der Waals surface area contributed by atoms with Crippen molar-refractivity contribution in [2.45, 2.75) is 105 Å². The van der Waals surface area contributed by atoms with Crippen molar-refractivity contribution in [2.75, 3.05) is 26.2 Å². The van der Waals surface area contributed by atoms with E-state index in [0.717, 1.165) is 19.3 Å². The van der Waals surface area contributed by atoms with Crippen LogP contribution in [0.25, 0.3) is 0 Å². The lowest BCUT2D eigenvalue weighted by atomic mass is 9.95. The molecular formula is C26H50NO6+. The van der Waals surface area contributed by atoms with Crippen LogP contribution in [0.2, 0.25) is 0 Å². The zero-order valence-corrected chi connectivity index (χ0v) is 21.6. The van der Waals surface area contributed by atoms with Gasteiger partial charge in [0.25, 0.3) is 0 Å². The zero-order chi connectivity index (χ0) is 25.3. The molecule has 0 bridgehead atoms. The van der Waals surface area contributed by atoms with Crippen molar-refractivity contribution in [3.63, 3.8) is 0 Å². The molecule has 3 unspecified atom stereocenters. The van der Waals surface area contributed by atoms with Crippen LogP contribution < -0.4 is 0 Å². The van der Waals surface area contributed by atoms with Gasteiger partial charge in [-0.25, -0.2) is 0 Å². The molecule has 0 aliphatic carbocycles. The maximum Gasteiger partial charge on any atom is 0.312 e. The molecule has 0 aromatic carbocycles. The minimum Gasteiger partial charge on any atom is -0.481 e. The highest BCUT2D eigenvalue weighted by Gasteiger charge is 2.40. The maximum absolute atomic E-state index is 11.9. The molecule has 7 heteroatoms. The number of quaternary nitrogens is 1. The molecule has 33 heavy (non-hydrogen) atoms. The Bertz CT molecular complexity index is 505. The molecule has 3 atom stereocenters. The summed E-state index contributed by atoms with van der Waals surface area (Å²) >= 11 is 0. The lowest BCUT2D eigenvalue weighted by Crippen LogP contribution is -2.58. The summed E-state index contributed by atoms with van der Waals surface area (Å²) in [5.41, 5.74) is 0. The van der Waals surface area contributed by atoms with Gasteiger partial charge in [-0.1, -0.05) is 72.6 Å². The van der Waals surface area contributed by atoms with Crippen LogP contribution in [0, 0.1) is 17.8 Å². The van der Waals surface area contributed by atoms with Crippen LogP contribution in [0.3, 0.4) is 0 Å². The van der Waals surface area contributed by atoms with Gasteiger partial charge < -0.3 is 19.8 Å². The second kappa shape index (κ2) is 17.8. The molecule has 0 saturated heterocycles. The number of hydrogen-bond acceptors (Lipinski definition) is 3. The summed E-state index contributed by atoms with van der Waals surface area (Å²) in [6.07, 6.45) is 11.8. The Morgan fingerprint density at radius 2 is 0.848 bits per heavy atom. The van der Waals surface area contributed by atoms with Gasteiger partial charge in [0.2, 0.25) is 0 Å². The predicted octanol–water partition coefficient (Wildman–Crippen LogP) is 5.67. The first-order chi connectivity index (χ1) is 15.7. The molecule has 194 valence electrons. The fourth-order valence-electron chi connectivity index (χ4n) is 4.80. The Hall–Kier alpha value is -1.63. The highest BCUT2D eigenvalue weighted by Crippen LogP contribution is 2.25. The molecule has 3 N–H and O–H groups in total. The summed E-state index contributed by atoms with van der Waals surface area (Å²) in [4.78, 5) is 35.6. The number of nitrogens with zero attached hydrogens (tertiary/aromatic N) is 1. The normalized spacial score (nSPS) is 16.0. The number of carboxylic acid groups (broad SMARTS) is 3. The van der Waals surface area contributed by atoms with Crippen molar-refractivity contribution in [1.29, 1.82) is 0 Å². The van der Waals surface area contributed by atoms with Crippen molar-refractivity contribution in [2.24, 2.45) is 17.8 Å². The van der Waals surface area contributed by atoms with E-state index in [2.05, 4.69) is 6.92 Å². The van der Waals surface area contributed by atoms with Crippen molar-refractivity contribution in [3.05, 3.63) is 0 Å². The lowest BCUT2D eigenvalue weighted by molar-refractivity contribution is -0.935. The smallest absolute Gasteiger partial charge is 0.312 e. The van der Waals surface area contributed by atoms with Crippen LogP contribution in [0.4, 0.5) is 0 Å².